The summed E-state index contributed by atoms with van der Waals surface area (Å²) in [5, 5.41) is 0. The largest absolute Gasteiger partial charge is 0.493 e. The van der Waals surface area contributed by atoms with Gasteiger partial charge >= 0.3 is 7.60 Å². The van der Waals surface area contributed by atoms with Gasteiger partial charge in [-0.3, -0.25) is 4.57 Å². The number of benzene rings is 1. The number of halogens is 1. The molecule has 0 atom stereocenters. The highest BCUT2D eigenvalue weighted by Crippen LogP contribution is 2.47. The highest BCUT2D eigenvalue weighted by molar-refractivity contribution is 9.10. The van der Waals surface area contributed by atoms with Gasteiger partial charge in [0.25, 0.3) is 0 Å². The van der Waals surface area contributed by atoms with E-state index in [1.165, 1.54) is 0 Å². The van der Waals surface area contributed by atoms with Crippen LogP contribution in [0.1, 0.15) is 13.8 Å². The van der Waals surface area contributed by atoms with Crippen molar-refractivity contribution in [3.63, 3.8) is 0 Å². The lowest BCUT2D eigenvalue weighted by molar-refractivity contribution is 0.213. The second-order valence-corrected chi connectivity index (χ2v) is 6.58. The van der Waals surface area contributed by atoms with E-state index in [-0.39, 0.29) is 6.16 Å². The third-order valence-corrected chi connectivity index (χ3v) is 4.61. The van der Waals surface area contributed by atoms with E-state index in [1.54, 1.807) is 13.8 Å². The summed E-state index contributed by atoms with van der Waals surface area (Å²) in [6, 6.07) is 7.49. The maximum Gasteiger partial charge on any atom is 0.334 e. The summed E-state index contributed by atoms with van der Waals surface area (Å²) in [6.45, 7) is 4.62. The molecule has 0 aliphatic rings. The molecule has 0 aromatic heterocycles. The molecule has 0 unspecified atom stereocenters. The molecule has 0 aliphatic carbocycles. The Labute approximate surface area is 116 Å². The number of hydrogen-bond donors (Lipinski definition) is 0. The van der Waals surface area contributed by atoms with Crippen molar-refractivity contribution >= 4 is 23.5 Å². The van der Waals surface area contributed by atoms with Crippen LogP contribution >= 0.6 is 23.5 Å². The maximum atomic E-state index is 12.1. The molecule has 0 bridgehead atoms. The van der Waals surface area contributed by atoms with Crippen LogP contribution < -0.4 is 4.74 Å². The molecule has 1 aromatic carbocycles. The molecule has 0 spiro atoms. The second kappa shape index (κ2) is 7.95. The van der Waals surface area contributed by atoms with Crippen molar-refractivity contribution in [3.8, 4) is 5.75 Å². The van der Waals surface area contributed by atoms with Gasteiger partial charge in [-0.25, -0.2) is 0 Å². The van der Waals surface area contributed by atoms with Crippen LogP contribution in [0, 0.1) is 0 Å². The Morgan fingerprint density at radius 3 is 2.44 bits per heavy atom. The fourth-order valence-corrected chi connectivity index (χ4v) is 3.20. The predicted octanol–water partition coefficient (Wildman–Crippen LogP) is 4.09. The molecular weight excluding hydrogens is 319 g/mol. The van der Waals surface area contributed by atoms with E-state index in [0.717, 1.165) is 10.2 Å². The average Bonchev–Trinajstić information content (AvgIpc) is 2.29. The Hall–Kier alpha value is -0.350. The fourth-order valence-electron chi connectivity index (χ4n) is 1.39. The molecule has 0 heterocycles. The summed E-state index contributed by atoms with van der Waals surface area (Å²) < 4.78 is 28.9. The first-order valence-electron chi connectivity index (χ1n) is 5.86. The molecule has 0 aliphatic heterocycles. The lowest BCUT2D eigenvalue weighted by atomic mass is 10.3. The second-order valence-electron chi connectivity index (χ2n) is 3.48. The van der Waals surface area contributed by atoms with Crippen molar-refractivity contribution in [2.24, 2.45) is 0 Å². The molecule has 0 fully saturated rings. The summed E-state index contributed by atoms with van der Waals surface area (Å²) in [5.74, 6) is 0.726. The summed E-state index contributed by atoms with van der Waals surface area (Å²) in [4.78, 5) is 0. The third-order valence-electron chi connectivity index (χ3n) is 2.08. The van der Waals surface area contributed by atoms with Crippen LogP contribution in [-0.2, 0) is 13.6 Å². The van der Waals surface area contributed by atoms with Gasteiger partial charge in [-0.2, -0.15) is 0 Å². The van der Waals surface area contributed by atoms with E-state index >= 15 is 0 Å². The van der Waals surface area contributed by atoms with Crippen molar-refractivity contribution in [1.29, 1.82) is 0 Å². The number of ether oxygens (including phenoxy) is 1. The van der Waals surface area contributed by atoms with Gasteiger partial charge in [0.05, 0.1) is 26.0 Å². The monoisotopic (exact) mass is 336 g/mol. The van der Waals surface area contributed by atoms with E-state index in [2.05, 4.69) is 15.9 Å². The van der Waals surface area contributed by atoms with Crippen LogP contribution in [0.2, 0.25) is 0 Å². The lowest BCUT2D eigenvalue weighted by Crippen LogP contribution is -2.08. The normalized spacial score (nSPS) is 11.5. The standard InChI is InChI=1S/C12H18BrO4P/c1-3-16-18(14,17-4-2)9-8-15-12-7-5-6-11(13)10-12/h5-7,10H,3-4,8-9H2,1-2H3. The van der Waals surface area contributed by atoms with Gasteiger partial charge in [0, 0.05) is 4.47 Å². The van der Waals surface area contributed by atoms with Gasteiger partial charge < -0.3 is 13.8 Å². The van der Waals surface area contributed by atoms with Crippen LogP contribution in [0.3, 0.4) is 0 Å². The molecule has 18 heavy (non-hydrogen) atoms. The van der Waals surface area contributed by atoms with Gasteiger partial charge in [0.2, 0.25) is 0 Å². The number of hydrogen-bond acceptors (Lipinski definition) is 4. The zero-order chi connectivity index (χ0) is 13.4. The molecule has 0 radical (unpaired) electrons. The fraction of sp³-hybridized carbons (Fsp3) is 0.500. The molecule has 0 N–H and O–H groups in total. The number of rotatable bonds is 8. The van der Waals surface area contributed by atoms with E-state index in [4.69, 9.17) is 13.8 Å². The summed E-state index contributed by atoms with van der Waals surface area (Å²) >= 11 is 3.36. The van der Waals surface area contributed by atoms with E-state index in [0.29, 0.717) is 19.8 Å². The Morgan fingerprint density at radius 1 is 1.22 bits per heavy atom. The zero-order valence-corrected chi connectivity index (χ0v) is 13.1. The Kier molecular flexibility index (Phi) is 6.94. The van der Waals surface area contributed by atoms with E-state index in [1.807, 2.05) is 24.3 Å². The topological polar surface area (TPSA) is 44.8 Å². The summed E-state index contributed by atoms with van der Waals surface area (Å²) in [6.07, 6.45) is 0.251. The molecule has 4 nitrogen and oxygen atoms in total. The summed E-state index contributed by atoms with van der Waals surface area (Å²) in [7, 11) is -3.00. The Bertz CT molecular complexity index is 401. The maximum absolute atomic E-state index is 12.1. The van der Waals surface area contributed by atoms with Crippen LogP contribution in [0.4, 0.5) is 0 Å². The van der Waals surface area contributed by atoms with Gasteiger partial charge in [0.1, 0.15) is 5.75 Å². The van der Waals surface area contributed by atoms with Crippen LogP contribution in [0.25, 0.3) is 0 Å². The molecule has 0 saturated carbocycles. The van der Waals surface area contributed by atoms with Crippen molar-refractivity contribution in [2.75, 3.05) is 26.0 Å². The van der Waals surface area contributed by atoms with Crippen molar-refractivity contribution in [2.45, 2.75) is 13.8 Å². The molecule has 6 heteroatoms. The minimum atomic E-state index is -3.00. The van der Waals surface area contributed by atoms with Crippen LogP contribution in [-0.4, -0.2) is 26.0 Å². The third kappa shape index (κ3) is 5.53. The Morgan fingerprint density at radius 2 is 1.89 bits per heavy atom. The first kappa shape index (κ1) is 15.7. The van der Waals surface area contributed by atoms with E-state index in [9.17, 15) is 4.57 Å². The molecule has 102 valence electrons. The minimum Gasteiger partial charge on any atom is -0.493 e. The van der Waals surface area contributed by atoms with Crippen molar-refractivity contribution in [3.05, 3.63) is 28.7 Å². The van der Waals surface area contributed by atoms with Gasteiger partial charge in [-0.1, -0.05) is 22.0 Å². The van der Waals surface area contributed by atoms with Crippen molar-refractivity contribution in [1.82, 2.24) is 0 Å². The average molecular weight is 337 g/mol. The minimum absolute atomic E-state index is 0.251. The zero-order valence-electron chi connectivity index (χ0n) is 10.6. The molecule has 0 saturated heterocycles. The van der Waals surface area contributed by atoms with Crippen molar-refractivity contribution < 1.29 is 18.3 Å². The quantitative estimate of drug-likeness (QED) is 0.670. The highest BCUT2D eigenvalue weighted by atomic mass is 79.9. The first-order valence-corrected chi connectivity index (χ1v) is 8.38. The first-order chi connectivity index (χ1) is 8.59. The van der Waals surface area contributed by atoms with Gasteiger partial charge in [-0.05, 0) is 32.0 Å². The highest BCUT2D eigenvalue weighted by Gasteiger charge is 2.23. The van der Waals surface area contributed by atoms with E-state index < -0.39 is 7.60 Å². The van der Waals surface area contributed by atoms with Gasteiger partial charge in [0.15, 0.2) is 0 Å². The molecule has 1 rings (SSSR count). The molecular formula is C12H18BrO4P. The SMILES string of the molecule is CCOP(=O)(CCOc1cccc(Br)c1)OCC. The predicted molar refractivity (Wildman–Crippen MR) is 75.4 cm³/mol. The molecule has 0 amide bonds. The summed E-state index contributed by atoms with van der Waals surface area (Å²) in [5.41, 5.74) is 0. The van der Waals surface area contributed by atoms with Gasteiger partial charge in [-0.15, -0.1) is 0 Å². The lowest BCUT2D eigenvalue weighted by Gasteiger charge is -2.17. The molecule has 1 aromatic rings. The van der Waals surface area contributed by atoms with Crippen LogP contribution in [0.15, 0.2) is 28.7 Å². The Balaban J connectivity index is 2.46. The van der Waals surface area contributed by atoms with Crippen LogP contribution in [0.5, 0.6) is 5.75 Å². The smallest absolute Gasteiger partial charge is 0.334 e.